The van der Waals surface area contributed by atoms with Gasteiger partial charge in [-0.25, -0.2) is 0 Å². The van der Waals surface area contributed by atoms with Crippen molar-refractivity contribution in [3.05, 3.63) is 17.5 Å². The molecule has 1 rings (SSSR count). The van der Waals surface area contributed by atoms with Crippen molar-refractivity contribution in [1.29, 1.82) is 0 Å². The van der Waals surface area contributed by atoms with Gasteiger partial charge in [-0.15, -0.1) is 0 Å². The first-order valence-corrected chi connectivity index (χ1v) is 5.37. The monoisotopic (exact) mass is 211 g/mol. The van der Waals surface area contributed by atoms with Gasteiger partial charge in [0.1, 0.15) is 0 Å². The van der Waals surface area contributed by atoms with E-state index in [4.69, 9.17) is 4.74 Å². The van der Waals surface area contributed by atoms with Crippen LogP contribution >= 0.6 is 0 Å². The minimum absolute atomic E-state index is 0.511. The second kappa shape index (κ2) is 5.88. The molecule has 0 spiro atoms. The summed E-state index contributed by atoms with van der Waals surface area (Å²) in [5.74, 6) is 0.511. The van der Waals surface area contributed by atoms with E-state index in [2.05, 4.69) is 24.3 Å². The van der Waals surface area contributed by atoms with Gasteiger partial charge in [0.25, 0.3) is 0 Å². The van der Waals surface area contributed by atoms with E-state index in [0.29, 0.717) is 5.92 Å². The summed E-state index contributed by atoms with van der Waals surface area (Å²) in [7, 11) is 3.71. The molecule has 0 bridgehead atoms. The largest absolute Gasteiger partial charge is 0.383 e. The summed E-state index contributed by atoms with van der Waals surface area (Å²) >= 11 is 0. The topological polar surface area (TPSA) is 39.1 Å². The van der Waals surface area contributed by atoms with Gasteiger partial charge >= 0.3 is 0 Å². The van der Waals surface area contributed by atoms with Gasteiger partial charge in [0, 0.05) is 38.5 Å². The van der Waals surface area contributed by atoms with Crippen LogP contribution in [0.2, 0.25) is 0 Å². The molecule has 0 saturated heterocycles. The van der Waals surface area contributed by atoms with Crippen LogP contribution in [-0.2, 0) is 18.3 Å². The van der Waals surface area contributed by atoms with E-state index in [1.807, 2.05) is 17.9 Å². The number of rotatable bonds is 6. The Balaban J connectivity index is 2.53. The van der Waals surface area contributed by atoms with Crippen molar-refractivity contribution >= 4 is 0 Å². The standard InChI is InChI=1S/C11H21N3O/c1-9(2)11-10(8-13-14(11)3)7-12-5-6-15-4/h8-9,12H,5-7H2,1-4H3. The highest BCUT2D eigenvalue weighted by molar-refractivity contribution is 5.20. The molecule has 1 aromatic heterocycles. The summed E-state index contributed by atoms with van der Waals surface area (Å²) in [6.45, 7) is 6.87. The molecule has 1 aromatic rings. The third kappa shape index (κ3) is 3.32. The quantitative estimate of drug-likeness (QED) is 0.720. The van der Waals surface area contributed by atoms with Gasteiger partial charge in [-0.2, -0.15) is 5.10 Å². The Morgan fingerprint density at radius 3 is 2.87 bits per heavy atom. The van der Waals surface area contributed by atoms with Crippen molar-refractivity contribution in [3.8, 4) is 0 Å². The second-order valence-electron chi connectivity index (χ2n) is 4.00. The lowest BCUT2D eigenvalue weighted by atomic mass is 10.1. The highest BCUT2D eigenvalue weighted by Gasteiger charge is 2.11. The first kappa shape index (κ1) is 12.2. The lowest BCUT2D eigenvalue weighted by Gasteiger charge is -2.10. The van der Waals surface area contributed by atoms with Gasteiger partial charge in [-0.1, -0.05) is 13.8 Å². The smallest absolute Gasteiger partial charge is 0.0587 e. The Bertz CT molecular complexity index is 294. The van der Waals surface area contributed by atoms with Crippen LogP contribution in [0, 0.1) is 0 Å². The summed E-state index contributed by atoms with van der Waals surface area (Å²) in [6.07, 6.45) is 1.94. The van der Waals surface area contributed by atoms with Crippen molar-refractivity contribution in [1.82, 2.24) is 15.1 Å². The van der Waals surface area contributed by atoms with Gasteiger partial charge in [-0.05, 0) is 5.92 Å². The summed E-state index contributed by atoms with van der Waals surface area (Å²) in [4.78, 5) is 0. The molecule has 0 aliphatic heterocycles. The highest BCUT2D eigenvalue weighted by Crippen LogP contribution is 2.17. The predicted octanol–water partition coefficient (Wildman–Crippen LogP) is 1.28. The first-order valence-electron chi connectivity index (χ1n) is 5.37. The molecule has 0 atom stereocenters. The van der Waals surface area contributed by atoms with Crippen molar-refractivity contribution in [2.45, 2.75) is 26.3 Å². The van der Waals surface area contributed by atoms with E-state index >= 15 is 0 Å². The zero-order valence-electron chi connectivity index (χ0n) is 10.1. The number of nitrogens with zero attached hydrogens (tertiary/aromatic N) is 2. The zero-order chi connectivity index (χ0) is 11.3. The summed E-state index contributed by atoms with van der Waals surface area (Å²) < 4.78 is 6.94. The van der Waals surface area contributed by atoms with Crippen LogP contribution in [-0.4, -0.2) is 30.0 Å². The molecule has 0 aliphatic rings. The molecule has 1 heterocycles. The zero-order valence-corrected chi connectivity index (χ0v) is 10.1. The number of aromatic nitrogens is 2. The molecule has 1 N–H and O–H groups in total. The molecule has 86 valence electrons. The summed E-state index contributed by atoms with van der Waals surface area (Å²) in [5, 5.41) is 7.62. The lowest BCUT2D eigenvalue weighted by molar-refractivity contribution is 0.199. The van der Waals surface area contributed by atoms with E-state index in [9.17, 15) is 0 Å². The third-order valence-electron chi connectivity index (χ3n) is 2.41. The van der Waals surface area contributed by atoms with Gasteiger partial charge in [-0.3, -0.25) is 4.68 Å². The fourth-order valence-electron chi connectivity index (χ4n) is 1.77. The van der Waals surface area contributed by atoms with Crippen LogP contribution in [0.1, 0.15) is 31.0 Å². The maximum absolute atomic E-state index is 4.98. The fraction of sp³-hybridized carbons (Fsp3) is 0.727. The van der Waals surface area contributed by atoms with Crippen LogP contribution in [0.15, 0.2) is 6.20 Å². The van der Waals surface area contributed by atoms with Gasteiger partial charge in [0.15, 0.2) is 0 Å². The average molecular weight is 211 g/mol. The maximum Gasteiger partial charge on any atom is 0.0587 e. The Morgan fingerprint density at radius 1 is 1.53 bits per heavy atom. The Morgan fingerprint density at radius 2 is 2.27 bits per heavy atom. The van der Waals surface area contributed by atoms with E-state index in [1.54, 1.807) is 7.11 Å². The number of ether oxygens (including phenoxy) is 1. The average Bonchev–Trinajstić information content (AvgIpc) is 2.54. The molecule has 15 heavy (non-hydrogen) atoms. The number of aryl methyl sites for hydroxylation is 1. The Labute approximate surface area is 91.6 Å². The van der Waals surface area contributed by atoms with E-state index in [-0.39, 0.29) is 0 Å². The summed E-state index contributed by atoms with van der Waals surface area (Å²) in [6, 6.07) is 0. The molecule has 4 heteroatoms. The molecule has 0 amide bonds. The van der Waals surface area contributed by atoms with Crippen molar-refractivity contribution in [2.75, 3.05) is 20.3 Å². The Kier molecular flexibility index (Phi) is 4.78. The van der Waals surface area contributed by atoms with Gasteiger partial charge in [0.05, 0.1) is 12.8 Å². The normalized spacial score (nSPS) is 11.3. The fourth-order valence-corrected chi connectivity index (χ4v) is 1.77. The third-order valence-corrected chi connectivity index (χ3v) is 2.41. The SMILES string of the molecule is COCCNCc1cnn(C)c1C(C)C. The van der Waals surface area contributed by atoms with Crippen LogP contribution < -0.4 is 5.32 Å². The van der Waals surface area contributed by atoms with Crippen molar-refractivity contribution in [3.63, 3.8) is 0 Å². The minimum Gasteiger partial charge on any atom is -0.383 e. The molecular weight excluding hydrogens is 190 g/mol. The number of hydrogen-bond donors (Lipinski definition) is 1. The van der Waals surface area contributed by atoms with Crippen molar-refractivity contribution in [2.24, 2.45) is 7.05 Å². The molecule has 0 aliphatic carbocycles. The minimum atomic E-state index is 0.511. The van der Waals surface area contributed by atoms with Crippen LogP contribution in [0.25, 0.3) is 0 Å². The molecule has 0 radical (unpaired) electrons. The van der Waals surface area contributed by atoms with Gasteiger partial charge in [0.2, 0.25) is 0 Å². The van der Waals surface area contributed by atoms with Crippen molar-refractivity contribution < 1.29 is 4.74 Å². The van der Waals surface area contributed by atoms with Crippen LogP contribution in [0.5, 0.6) is 0 Å². The number of hydrogen-bond acceptors (Lipinski definition) is 3. The van der Waals surface area contributed by atoms with E-state index in [1.165, 1.54) is 11.3 Å². The Hall–Kier alpha value is -0.870. The second-order valence-corrected chi connectivity index (χ2v) is 4.00. The first-order chi connectivity index (χ1) is 7.16. The van der Waals surface area contributed by atoms with Crippen LogP contribution in [0.4, 0.5) is 0 Å². The molecular formula is C11H21N3O. The molecule has 0 aromatic carbocycles. The molecule has 0 fully saturated rings. The molecule has 0 unspecified atom stereocenters. The number of methoxy groups -OCH3 is 1. The molecule has 4 nitrogen and oxygen atoms in total. The lowest BCUT2D eigenvalue weighted by Crippen LogP contribution is -2.19. The number of nitrogens with one attached hydrogen (secondary N) is 1. The van der Waals surface area contributed by atoms with E-state index in [0.717, 1.165) is 19.7 Å². The van der Waals surface area contributed by atoms with E-state index < -0.39 is 0 Å². The highest BCUT2D eigenvalue weighted by atomic mass is 16.5. The van der Waals surface area contributed by atoms with Crippen LogP contribution in [0.3, 0.4) is 0 Å². The summed E-state index contributed by atoms with van der Waals surface area (Å²) in [5.41, 5.74) is 2.59. The van der Waals surface area contributed by atoms with Gasteiger partial charge < -0.3 is 10.1 Å². The maximum atomic E-state index is 4.98. The molecule has 0 saturated carbocycles. The predicted molar refractivity (Wildman–Crippen MR) is 60.9 cm³/mol.